The van der Waals surface area contributed by atoms with Gasteiger partial charge < -0.3 is 5.32 Å². The predicted octanol–water partition coefficient (Wildman–Crippen LogP) is 2.94. The largest absolute Gasteiger partial charge is 0.314 e. The highest BCUT2D eigenvalue weighted by molar-refractivity contribution is 5.06. The number of hydrogen-bond donors (Lipinski definition) is 1. The lowest BCUT2D eigenvalue weighted by Gasteiger charge is -2.36. The van der Waals surface area contributed by atoms with E-state index >= 15 is 0 Å². The molecule has 0 amide bonds. The molecule has 4 nitrogen and oxygen atoms in total. The van der Waals surface area contributed by atoms with Crippen molar-refractivity contribution >= 4 is 0 Å². The first kappa shape index (κ1) is 14.1. The smallest absolute Gasteiger partial charge is 0.154 e. The summed E-state index contributed by atoms with van der Waals surface area (Å²) in [6.45, 7) is 0. The van der Waals surface area contributed by atoms with Crippen molar-refractivity contribution in [2.75, 3.05) is 7.05 Å². The molecule has 0 saturated heterocycles. The van der Waals surface area contributed by atoms with Crippen LogP contribution in [-0.2, 0) is 13.5 Å². The minimum absolute atomic E-state index is 0.256. The van der Waals surface area contributed by atoms with Crippen molar-refractivity contribution in [3.05, 3.63) is 11.6 Å². The van der Waals surface area contributed by atoms with Gasteiger partial charge in [-0.15, -0.1) is 0 Å². The maximum atomic E-state index is 4.89. The highest BCUT2D eigenvalue weighted by Crippen LogP contribution is 2.34. The SMILES string of the molecule is CNC1(Cc2nc(C3CCCC3)nn2C)CCCCC1. The molecular formula is C16H28N4. The molecule has 1 N–H and O–H groups in total. The molecule has 2 fully saturated rings. The zero-order valence-electron chi connectivity index (χ0n) is 13.0. The van der Waals surface area contributed by atoms with E-state index in [-0.39, 0.29) is 5.54 Å². The first-order valence-electron chi connectivity index (χ1n) is 8.31. The Labute approximate surface area is 122 Å². The van der Waals surface area contributed by atoms with Crippen LogP contribution in [0, 0.1) is 0 Å². The summed E-state index contributed by atoms with van der Waals surface area (Å²) in [5, 5.41) is 8.29. The summed E-state index contributed by atoms with van der Waals surface area (Å²) in [7, 11) is 4.17. The van der Waals surface area contributed by atoms with E-state index in [2.05, 4.69) is 19.4 Å². The van der Waals surface area contributed by atoms with E-state index in [4.69, 9.17) is 10.1 Å². The summed E-state index contributed by atoms with van der Waals surface area (Å²) >= 11 is 0. The number of hydrogen-bond acceptors (Lipinski definition) is 3. The Kier molecular flexibility index (Phi) is 4.11. The number of aryl methyl sites for hydroxylation is 1. The summed E-state index contributed by atoms with van der Waals surface area (Å²) in [4.78, 5) is 4.89. The van der Waals surface area contributed by atoms with Crippen molar-refractivity contribution in [2.45, 2.75) is 75.7 Å². The van der Waals surface area contributed by atoms with Crippen LogP contribution in [0.4, 0.5) is 0 Å². The monoisotopic (exact) mass is 276 g/mol. The average molecular weight is 276 g/mol. The molecule has 0 aliphatic heterocycles. The maximum absolute atomic E-state index is 4.89. The molecule has 0 spiro atoms. The van der Waals surface area contributed by atoms with Gasteiger partial charge in [-0.25, -0.2) is 4.98 Å². The Morgan fingerprint density at radius 2 is 1.85 bits per heavy atom. The van der Waals surface area contributed by atoms with Crippen LogP contribution in [0.25, 0.3) is 0 Å². The second-order valence-corrected chi connectivity index (χ2v) is 6.76. The van der Waals surface area contributed by atoms with Crippen molar-refractivity contribution in [1.29, 1.82) is 0 Å². The molecule has 3 rings (SSSR count). The van der Waals surface area contributed by atoms with Crippen molar-refractivity contribution in [3.8, 4) is 0 Å². The van der Waals surface area contributed by atoms with Gasteiger partial charge in [-0.05, 0) is 32.7 Å². The lowest BCUT2D eigenvalue weighted by Crippen LogP contribution is -2.47. The van der Waals surface area contributed by atoms with Gasteiger partial charge in [-0.1, -0.05) is 32.1 Å². The number of nitrogens with zero attached hydrogens (tertiary/aromatic N) is 3. The van der Waals surface area contributed by atoms with Gasteiger partial charge in [0, 0.05) is 24.9 Å². The lowest BCUT2D eigenvalue weighted by atomic mass is 9.79. The van der Waals surface area contributed by atoms with Gasteiger partial charge in [0.25, 0.3) is 0 Å². The first-order valence-corrected chi connectivity index (χ1v) is 8.31. The molecule has 4 heteroatoms. The molecule has 20 heavy (non-hydrogen) atoms. The molecule has 2 aliphatic rings. The molecule has 1 heterocycles. The van der Waals surface area contributed by atoms with Crippen LogP contribution < -0.4 is 5.32 Å². The minimum atomic E-state index is 0.256. The zero-order valence-corrected chi connectivity index (χ0v) is 13.0. The third-order valence-electron chi connectivity index (χ3n) is 5.43. The van der Waals surface area contributed by atoms with Crippen LogP contribution in [0.1, 0.15) is 75.4 Å². The molecule has 2 saturated carbocycles. The predicted molar refractivity (Wildman–Crippen MR) is 80.8 cm³/mol. The summed E-state index contributed by atoms with van der Waals surface area (Å²) in [5.74, 6) is 2.89. The Hall–Kier alpha value is -0.900. The maximum Gasteiger partial charge on any atom is 0.154 e. The van der Waals surface area contributed by atoms with Gasteiger partial charge in [0.05, 0.1) is 0 Å². The quantitative estimate of drug-likeness (QED) is 0.919. The average Bonchev–Trinajstić information content (AvgIpc) is 3.10. The minimum Gasteiger partial charge on any atom is -0.314 e. The van der Waals surface area contributed by atoms with E-state index in [1.807, 2.05) is 4.68 Å². The van der Waals surface area contributed by atoms with Crippen molar-refractivity contribution in [2.24, 2.45) is 7.05 Å². The molecule has 0 unspecified atom stereocenters. The van der Waals surface area contributed by atoms with Crippen LogP contribution in [0.15, 0.2) is 0 Å². The molecule has 112 valence electrons. The molecule has 1 aromatic rings. The Morgan fingerprint density at radius 1 is 1.15 bits per heavy atom. The third-order valence-corrected chi connectivity index (χ3v) is 5.43. The van der Waals surface area contributed by atoms with E-state index in [1.165, 1.54) is 63.6 Å². The van der Waals surface area contributed by atoms with Gasteiger partial charge in [-0.3, -0.25) is 4.68 Å². The number of aromatic nitrogens is 3. The first-order chi connectivity index (χ1) is 9.72. The number of likely N-dealkylation sites (N-methyl/N-ethyl adjacent to an activating group) is 1. The van der Waals surface area contributed by atoms with Crippen LogP contribution in [-0.4, -0.2) is 27.4 Å². The van der Waals surface area contributed by atoms with E-state index in [0.29, 0.717) is 5.92 Å². The number of rotatable bonds is 4. The van der Waals surface area contributed by atoms with E-state index in [9.17, 15) is 0 Å². The molecule has 0 bridgehead atoms. The molecular weight excluding hydrogens is 248 g/mol. The molecule has 1 aromatic heterocycles. The van der Waals surface area contributed by atoms with Crippen LogP contribution in [0.2, 0.25) is 0 Å². The Morgan fingerprint density at radius 3 is 2.50 bits per heavy atom. The van der Waals surface area contributed by atoms with Crippen LogP contribution >= 0.6 is 0 Å². The fourth-order valence-electron chi connectivity index (χ4n) is 4.00. The van der Waals surface area contributed by atoms with E-state index < -0.39 is 0 Å². The van der Waals surface area contributed by atoms with Gasteiger partial charge in [0.15, 0.2) is 5.82 Å². The second kappa shape index (κ2) is 5.84. The van der Waals surface area contributed by atoms with Gasteiger partial charge in [0.1, 0.15) is 5.82 Å². The van der Waals surface area contributed by atoms with Gasteiger partial charge in [0.2, 0.25) is 0 Å². The summed E-state index contributed by atoms with van der Waals surface area (Å²) < 4.78 is 2.03. The number of nitrogens with one attached hydrogen (secondary N) is 1. The summed E-state index contributed by atoms with van der Waals surface area (Å²) in [6, 6.07) is 0. The summed E-state index contributed by atoms with van der Waals surface area (Å²) in [5.41, 5.74) is 0.256. The second-order valence-electron chi connectivity index (χ2n) is 6.76. The Balaban J connectivity index is 1.75. The van der Waals surface area contributed by atoms with Crippen molar-refractivity contribution < 1.29 is 0 Å². The highest BCUT2D eigenvalue weighted by atomic mass is 15.3. The van der Waals surface area contributed by atoms with Crippen LogP contribution in [0.3, 0.4) is 0 Å². The normalized spacial score (nSPS) is 23.3. The topological polar surface area (TPSA) is 42.7 Å². The Bertz CT molecular complexity index is 439. The fraction of sp³-hybridized carbons (Fsp3) is 0.875. The van der Waals surface area contributed by atoms with E-state index in [0.717, 1.165) is 12.2 Å². The highest BCUT2D eigenvalue weighted by Gasteiger charge is 2.32. The molecule has 0 aromatic carbocycles. The fourth-order valence-corrected chi connectivity index (χ4v) is 4.00. The molecule has 0 radical (unpaired) electrons. The zero-order chi connectivity index (χ0) is 14.0. The van der Waals surface area contributed by atoms with Gasteiger partial charge in [-0.2, -0.15) is 5.10 Å². The van der Waals surface area contributed by atoms with Gasteiger partial charge >= 0.3 is 0 Å². The lowest BCUT2D eigenvalue weighted by molar-refractivity contribution is 0.239. The molecule has 0 atom stereocenters. The van der Waals surface area contributed by atoms with Crippen LogP contribution in [0.5, 0.6) is 0 Å². The van der Waals surface area contributed by atoms with Crippen molar-refractivity contribution in [3.63, 3.8) is 0 Å². The standard InChI is InChI=1S/C16H28N4/c1-17-16(10-6-3-7-11-16)12-14-18-15(19-20(14)2)13-8-4-5-9-13/h13,17H,3-12H2,1-2H3. The van der Waals surface area contributed by atoms with E-state index in [1.54, 1.807) is 0 Å². The third kappa shape index (κ3) is 2.76. The van der Waals surface area contributed by atoms with Crippen molar-refractivity contribution in [1.82, 2.24) is 20.1 Å². The summed E-state index contributed by atoms with van der Waals surface area (Å²) in [6.07, 6.45) is 12.9. The molecule has 2 aliphatic carbocycles.